The lowest BCUT2D eigenvalue weighted by Gasteiger charge is -2.33. The van der Waals surface area contributed by atoms with E-state index in [0.29, 0.717) is 6.10 Å². The molecule has 0 aromatic carbocycles. The smallest absolute Gasteiger partial charge is 0.105 e. The summed E-state index contributed by atoms with van der Waals surface area (Å²) in [5, 5.41) is 0. The normalized spacial score (nSPS) is 49.7. The molecule has 0 radical (unpaired) electrons. The molecule has 1 heterocycles. The van der Waals surface area contributed by atoms with Crippen LogP contribution >= 0.6 is 0 Å². The van der Waals surface area contributed by atoms with Crippen LogP contribution in [0.1, 0.15) is 57.8 Å². The Morgan fingerprint density at radius 1 is 0.944 bits per heavy atom. The molecule has 1 nitrogen and oxygen atoms in total. The van der Waals surface area contributed by atoms with Crippen molar-refractivity contribution in [1.29, 1.82) is 0 Å². The summed E-state index contributed by atoms with van der Waals surface area (Å²) in [7, 11) is 0. The lowest BCUT2D eigenvalue weighted by molar-refractivity contribution is 0.0242. The molecule has 1 saturated heterocycles. The zero-order valence-corrected chi connectivity index (χ0v) is 11.3. The summed E-state index contributed by atoms with van der Waals surface area (Å²) < 4.78 is 6.26. The van der Waals surface area contributed by atoms with E-state index in [1.165, 1.54) is 57.8 Å². The zero-order valence-electron chi connectivity index (χ0n) is 11.3. The van der Waals surface area contributed by atoms with E-state index < -0.39 is 0 Å². The predicted octanol–water partition coefficient (Wildman–Crippen LogP) is 4.29. The van der Waals surface area contributed by atoms with E-state index in [1.807, 2.05) is 0 Å². The third-order valence-corrected chi connectivity index (χ3v) is 7.29. The van der Waals surface area contributed by atoms with Crippen LogP contribution in [0.15, 0.2) is 12.3 Å². The summed E-state index contributed by atoms with van der Waals surface area (Å²) in [5.41, 5.74) is 1.52. The van der Waals surface area contributed by atoms with Gasteiger partial charge in [0, 0.05) is 18.3 Å². The van der Waals surface area contributed by atoms with Gasteiger partial charge in [0.25, 0.3) is 0 Å². The molecule has 4 unspecified atom stereocenters. The fraction of sp³-hybridized carbons (Fsp3) is 0.882. The van der Waals surface area contributed by atoms with Crippen LogP contribution in [0, 0.1) is 28.6 Å². The third kappa shape index (κ3) is 1.15. The minimum atomic E-state index is 0.562. The molecule has 0 bridgehead atoms. The highest BCUT2D eigenvalue weighted by Crippen LogP contribution is 2.74. The minimum absolute atomic E-state index is 0.562. The zero-order chi connectivity index (χ0) is 12.0. The molecule has 0 aromatic rings. The van der Waals surface area contributed by atoms with E-state index in [-0.39, 0.29) is 0 Å². The maximum absolute atomic E-state index is 6.26. The molecule has 1 aliphatic heterocycles. The summed E-state index contributed by atoms with van der Waals surface area (Å²) in [6.07, 6.45) is 13.8. The Morgan fingerprint density at radius 2 is 1.67 bits per heavy atom. The van der Waals surface area contributed by atoms with Crippen LogP contribution in [0.3, 0.4) is 0 Å². The molecule has 18 heavy (non-hydrogen) atoms. The molecule has 98 valence electrons. The monoisotopic (exact) mass is 244 g/mol. The van der Waals surface area contributed by atoms with Crippen LogP contribution < -0.4 is 0 Å². The summed E-state index contributed by atoms with van der Waals surface area (Å²) in [6.45, 7) is 4.12. The fourth-order valence-corrected chi connectivity index (χ4v) is 6.04. The molecule has 5 aliphatic rings. The maximum atomic E-state index is 6.26. The van der Waals surface area contributed by atoms with E-state index in [4.69, 9.17) is 4.74 Å². The second kappa shape index (κ2) is 2.99. The standard InChI is InChI=1S/C17H24O/c1-11-10-12-2-4-16(6-7-16)13-3-5-17(8-9-17)14(13)15(12)18-11/h12-15H,1-10H2. The van der Waals surface area contributed by atoms with Gasteiger partial charge < -0.3 is 4.74 Å². The van der Waals surface area contributed by atoms with Crippen LogP contribution in [0.2, 0.25) is 0 Å². The predicted molar refractivity (Wildman–Crippen MR) is 70.9 cm³/mol. The minimum Gasteiger partial charge on any atom is -0.495 e. The van der Waals surface area contributed by atoms with Crippen molar-refractivity contribution in [3.05, 3.63) is 12.3 Å². The van der Waals surface area contributed by atoms with Crippen molar-refractivity contribution in [3.8, 4) is 0 Å². The first-order chi connectivity index (χ1) is 8.73. The number of rotatable bonds is 0. The second-order valence-corrected chi connectivity index (χ2v) is 8.02. The van der Waals surface area contributed by atoms with Crippen molar-refractivity contribution in [2.75, 3.05) is 0 Å². The molecule has 1 heteroatoms. The van der Waals surface area contributed by atoms with Gasteiger partial charge in [0.2, 0.25) is 0 Å². The van der Waals surface area contributed by atoms with Gasteiger partial charge in [-0.3, -0.25) is 0 Å². The Morgan fingerprint density at radius 3 is 2.39 bits per heavy atom. The molecular formula is C17H24O. The number of ether oxygens (including phenoxy) is 1. The maximum Gasteiger partial charge on any atom is 0.105 e. The molecule has 2 spiro atoms. The van der Waals surface area contributed by atoms with E-state index in [2.05, 4.69) is 6.58 Å². The van der Waals surface area contributed by atoms with Gasteiger partial charge in [-0.25, -0.2) is 0 Å². The Balaban J connectivity index is 1.58. The molecule has 0 N–H and O–H groups in total. The van der Waals surface area contributed by atoms with E-state index >= 15 is 0 Å². The molecular weight excluding hydrogens is 220 g/mol. The molecule has 4 atom stereocenters. The highest BCUT2D eigenvalue weighted by Gasteiger charge is 2.68. The summed E-state index contributed by atoms with van der Waals surface area (Å²) in [5.74, 6) is 3.84. The Bertz CT molecular complexity index is 415. The number of allylic oxidation sites excluding steroid dienone is 1. The lowest BCUT2D eigenvalue weighted by atomic mass is 9.74. The fourth-order valence-electron chi connectivity index (χ4n) is 6.04. The van der Waals surface area contributed by atoms with Gasteiger partial charge in [-0.2, -0.15) is 0 Å². The highest BCUT2D eigenvalue weighted by molar-refractivity contribution is 5.18. The van der Waals surface area contributed by atoms with Gasteiger partial charge in [0.1, 0.15) is 6.10 Å². The van der Waals surface area contributed by atoms with Crippen molar-refractivity contribution in [2.45, 2.75) is 63.9 Å². The first-order valence-electron chi connectivity index (χ1n) is 8.07. The van der Waals surface area contributed by atoms with Crippen LogP contribution in [-0.4, -0.2) is 6.10 Å². The highest BCUT2D eigenvalue weighted by atomic mass is 16.5. The summed E-state index contributed by atoms with van der Waals surface area (Å²) >= 11 is 0. The molecule has 5 rings (SSSR count). The van der Waals surface area contributed by atoms with Gasteiger partial charge >= 0.3 is 0 Å². The van der Waals surface area contributed by atoms with Gasteiger partial charge in [-0.15, -0.1) is 0 Å². The van der Waals surface area contributed by atoms with E-state index in [9.17, 15) is 0 Å². The number of hydrogen-bond acceptors (Lipinski definition) is 1. The molecule has 4 aliphatic carbocycles. The largest absolute Gasteiger partial charge is 0.495 e. The molecule has 0 aromatic heterocycles. The van der Waals surface area contributed by atoms with E-state index in [1.54, 1.807) is 0 Å². The lowest BCUT2D eigenvalue weighted by Crippen LogP contribution is -2.34. The van der Waals surface area contributed by atoms with Gasteiger partial charge in [-0.05, 0) is 68.1 Å². The van der Waals surface area contributed by atoms with Crippen molar-refractivity contribution in [1.82, 2.24) is 0 Å². The topological polar surface area (TPSA) is 9.23 Å². The van der Waals surface area contributed by atoms with Crippen molar-refractivity contribution >= 4 is 0 Å². The van der Waals surface area contributed by atoms with Crippen molar-refractivity contribution < 1.29 is 4.74 Å². The molecule has 0 amide bonds. The first-order valence-corrected chi connectivity index (χ1v) is 8.07. The van der Waals surface area contributed by atoms with Crippen LogP contribution in [0.5, 0.6) is 0 Å². The first kappa shape index (κ1) is 10.3. The number of hydrogen-bond donors (Lipinski definition) is 0. The Kier molecular flexibility index (Phi) is 1.72. The molecule has 4 saturated carbocycles. The summed E-state index contributed by atoms with van der Waals surface area (Å²) in [6, 6.07) is 0. The average Bonchev–Trinajstić information content (AvgIpc) is 3.21. The molecule has 5 fully saturated rings. The Labute approximate surface area is 110 Å². The van der Waals surface area contributed by atoms with E-state index in [0.717, 1.165) is 34.3 Å². The summed E-state index contributed by atoms with van der Waals surface area (Å²) in [4.78, 5) is 0. The van der Waals surface area contributed by atoms with Gasteiger partial charge in [-0.1, -0.05) is 6.58 Å². The van der Waals surface area contributed by atoms with Gasteiger partial charge in [0.05, 0.1) is 5.76 Å². The number of fused-ring (bicyclic) bond motifs is 5. The van der Waals surface area contributed by atoms with Crippen molar-refractivity contribution in [2.24, 2.45) is 28.6 Å². The SMILES string of the molecule is C=C1CC2CCC3(CC3)C3CCC4(CC4)C3C2O1. The van der Waals surface area contributed by atoms with Crippen LogP contribution in [0.4, 0.5) is 0 Å². The van der Waals surface area contributed by atoms with Crippen molar-refractivity contribution in [3.63, 3.8) is 0 Å². The quantitative estimate of drug-likeness (QED) is 0.618. The third-order valence-electron chi connectivity index (χ3n) is 7.29. The second-order valence-electron chi connectivity index (χ2n) is 8.02. The van der Waals surface area contributed by atoms with Gasteiger partial charge in [0.15, 0.2) is 0 Å². The van der Waals surface area contributed by atoms with Crippen LogP contribution in [-0.2, 0) is 4.74 Å². The van der Waals surface area contributed by atoms with Crippen LogP contribution in [0.25, 0.3) is 0 Å². The average molecular weight is 244 g/mol. The Hall–Kier alpha value is -0.460.